The lowest BCUT2D eigenvalue weighted by molar-refractivity contribution is -0.119. The van der Waals surface area contributed by atoms with Gasteiger partial charge >= 0.3 is 0 Å². The van der Waals surface area contributed by atoms with Crippen LogP contribution in [0.4, 0.5) is 0 Å². The Hall–Kier alpha value is -3.05. The summed E-state index contributed by atoms with van der Waals surface area (Å²) >= 11 is 6.20. The molecule has 0 spiro atoms. The van der Waals surface area contributed by atoms with Gasteiger partial charge in [-0.1, -0.05) is 76.8 Å². The van der Waals surface area contributed by atoms with Crippen LogP contribution in [0.3, 0.4) is 0 Å². The minimum absolute atomic E-state index is 0.131. The number of hydrogen-bond donors (Lipinski definition) is 0. The van der Waals surface area contributed by atoms with Gasteiger partial charge in [-0.3, -0.25) is 9.59 Å². The molecule has 234 valence electrons. The third kappa shape index (κ3) is 6.09. The summed E-state index contributed by atoms with van der Waals surface area (Å²) in [5, 5.41) is 0.667. The molecule has 0 N–H and O–H groups in total. The number of carbonyl (C=O) groups is 2. The third-order valence-corrected chi connectivity index (χ3v) is 10.0. The van der Waals surface area contributed by atoms with Crippen LogP contribution >= 0.6 is 11.6 Å². The Balaban J connectivity index is 1.48. The van der Waals surface area contributed by atoms with Gasteiger partial charge in [0.15, 0.2) is 23.1 Å². The van der Waals surface area contributed by atoms with Crippen molar-refractivity contribution in [1.29, 1.82) is 0 Å². The molecule has 2 aromatic rings. The molecular formula is C38H46ClNO4. The normalized spacial score (nSPS) is 22.2. The second-order valence-corrected chi connectivity index (χ2v) is 15.2. The Kier molecular flexibility index (Phi) is 8.47. The number of carbonyl (C=O) groups excluding carboxylic acids is 2. The van der Waals surface area contributed by atoms with Gasteiger partial charge in [-0.2, -0.15) is 0 Å². The highest BCUT2D eigenvalue weighted by atomic mass is 35.5. The topological polar surface area (TPSA) is 55.8 Å². The van der Waals surface area contributed by atoms with Gasteiger partial charge < -0.3 is 14.4 Å². The zero-order chi connectivity index (χ0) is 31.2. The molecule has 0 amide bonds. The van der Waals surface area contributed by atoms with Gasteiger partial charge in [-0.25, -0.2) is 0 Å². The van der Waals surface area contributed by atoms with Gasteiger partial charge in [0.05, 0.1) is 6.61 Å². The molecular weight excluding hydrogens is 570 g/mol. The number of halogens is 1. The van der Waals surface area contributed by atoms with Crippen LogP contribution in [0.25, 0.3) is 0 Å². The number of Topliss-reactive ketones (excluding diaryl/α,β-unsaturated/α-hetero) is 2. The second-order valence-electron chi connectivity index (χ2n) is 14.8. The summed E-state index contributed by atoms with van der Waals surface area (Å²) < 4.78 is 12.4. The highest BCUT2D eigenvalue weighted by molar-refractivity contribution is 6.30. The summed E-state index contributed by atoms with van der Waals surface area (Å²) in [5.41, 5.74) is 5.61. The molecule has 0 unspecified atom stereocenters. The number of allylic oxidation sites excluding steroid dienone is 4. The molecule has 1 heterocycles. The zero-order valence-electron chi connectivity index (χ0n) is 26.9. The molecule has 0 bridgehead atoms. The van der Waals surface area contributed by atoms with Crippen LogP contribution in [0.5, 0.6) is 11.5 Å². The van der Waals surface area contributed by atoms with Crippen molar-refractivity contribution in [3.8, 4) is 11.5 Å². The smallest absolute Gasteiger partial charge is 0.162 e. The predicted molar refractivity (Wildman–Crippen MR) is 175 cm³/mol. The molecule has 1 fully saturated rings. The SMILES string of the molecule is CCOc1cc(C2C3=C(CC(C)(C)CC3=O)N(C3CCCCC3)C3=C2C(=O)CC(C)(C)C3)ccc1OCc1cccc(Cl)c1. The van der Waals surface area contributed by atoms with Crippen molar-refractivity contribution >= 4 is 23.2 Å². The molecule has 5 nitrogen and oxygen atoms in total. The zero-order valence-corrected chi connectivity index (χ0v) is 27.7. The maximum absolute atomic E-state index is 14.2. The summed E-state index contributed by atoms with van der Waals surface area (Å²) in [6.07, 6.45) is 8.51. The lowest BCUT2D eigenvalue weighted by Crippen LogP contribution is -2.48. The summed E-state index contributed by atoms with van der Waals surface area (Å²) in [6.45, 7) is 11.6. The molecule has 3 aliphatic carbocycles. The molecule has 0 saturated heterocycles. The molecule has 6 rings (SSSR count). The van der Waals surface area contributed by atoms with Crippen LogP contribution in [-0.4, -0.2) is 29.1 Å². The average molecular weight is 616 g/mol. The molecule has 6 heteroatoms. The van der Waals surface area contributed by atoms with E-state index in [1.54, 1.807) is 0 Å². The van der Waals surface area contributed by atoms with Gasteiger partial charge in [-0.15, -0.1) is 0 Å². The van der Waals surface area contributed by atoms with Crippen molar-refractivity contribution in [3.05, 3.63) is 81.2 Å². The van der Waals surface area contributed by atoms with E-state index in [9.17, 15) is 9.59 Å². The fourth-order valence-corrected chi connectivity index (χ4v) is 8.20. The first-order valence-corrected chi connectivity index (χ1v) is 16.8. The number of hydrogen-bond acceptors (Lipinski definition) is 5. The van der Waals surface area contributed by atoms with Crippen LogP contribution in [0.1, 0.15) is 109 Å². The first-order valence-electron chi connectivity index (χ1n) is 16.4. The number of rotatable bonds is 7. The van der Waals surface area contributed by atoms with E-state index in [0.29, 0.717) is 48.6 Å². The number of benzene rings is 2. The molecule has 0 aromatic heterocycles. The maximum atomic E-state index is 14.2. The Labute approximate surface area is 267 Å². The lowest BCUT2D eigenvalue weighted by Gasteiger charge is -2.52. The Morgan fingerprint density at radius 1 is 0.795 bits per heavy atom. The van der Waals surface area contributed by atoms with Gasteiger partial charge in [-0.05, 0) is 78.8 Å². The van der Waals surface area contributed by atoms with Crippen LogP contribution in [0.2, 0.25) is 5.02 Å². The largest absolute Gasteiger partial charge is 0.490 e. The fourth-order valence-electron chi connectivity index (χ4n) is 7.99. The van der Waals surface area contributed by atoms with E-state index in [0.717, 1.165) is 59.4 Å². The van der Waals surface area contributed by atoms with Gasteiger partial charge in [0.1, 0.15) is 6.61 Å². The molecule has 0 atom stereocenters. The van der Waals surface area contributed by atoms with Crippen LogP contribution in [0, 0.1) is 10.8 Å². The molecule has 1 aliphatic heterocycles. The monoisotopic (exact) mass is 615 g/mol. The fraction of sp³-hybridized carbons (Fsp3) is 0.526. The first kappa shape index (κ1) is 31.0. The van der Waals surface area contributed by atoms with E-state index in [1.165, 1.54) is 19.3 Å². The van der Waals surface area contributed by atoms with E-state index in [1.807, 2.05) is 49.4 Å². The van der Waals surface area contributed by atoms with Crippen LogP contribution < -0.4 is 9.47 Å². The van der Waals surface area contributed by atoms with Gasteiger partial charge in [0, 0.05) is 52.4 Å². The van der Waals surface area contributed by atoms with Crippen LogP contribution in [-0.2, 0) is 16.2 Å². The summed E-state index contributed by atoms with van der Waals surface area (Å²) in [4.78, 5) is 31.0. The highest BCUT2D eigenvalue weighted by Gasteiger charge is 2.50. The van der Waals surface area contributed by atoms with Gasteiger partial charge in [0.2, 0.25) is 0 Å². The molecule has 2 aromatic carbocycles. The summed E-state index contributed by atoms with van der Waals surface area (Å²) in [6, 6.07) is 13.9. The predicted octanol–water partition coefficient (Wildman–Crippen LogP) is 9.34. The third-order valence-electron chi connectivity index (χ3n) is 9.78. The Morgan fingerprint density at radius 3 is 2.02 bits per heavy atom. The number of nitrogens with zero attached hydrogens (tertiary/aromatic N) is 1. The summed E-state index contributed by atoms with van der Waals surface area (Å²) in [5.74, 6) is 1.20. The number of ketones is 2. The first-order chi connectivity index (χ1) is 21.0. The standard InChI is InChI=1S/C38H46ClNO4/c1-6-43-33-18-25(15-16-32(33)44-23-24-11-10-12-26(39)17-24)34-35-28(19-37(2,3)21-30(35)41)40(27-13-8-7-9-14-27)29-20-38(4,5)22-31(42)36(29)34/h10-12,15-18,27,34H,6-9,13-14,19-23H2,1-5H3. The van der Waals surface area contributed by atoms with Crippen molar-refractivity contribution in [2.75, 3.05) is 6.61 Å². The molecule has 0 radical (unpaired) electrons. The second kappa shape index (κ2) is 12.0. The minimum Gasteiger partial charge on any atom is -0.490 e. The molecule has 44 heavy (non-hydrogen) atoms. The Morgan fingerprint density at radius 2 is 1.43 bits per heavy atom. The van der Waals surface area contributed by atoms with E-state index in [-0.39, 0.29) is 22.4 Å². The average Bonchev–Trinajstić information content (AvgIpc) is 2.95. The van der Waals surface area contributed by atoms with Crippen molar-refractivity contribution < 1.29 is 19.1 Å². The van der Waals surface area contributed by atoms with Crippen molar-refractivity contribution in [1.82, 2.24) is 4.90 Å². The van der Waals surface area contributed by atoms with E-state index >= 15 is 0 Å². The Bertz CT molecular complexity index is 1470. The van der Waals surface area contributed by atoms with Gasteiger partial charge in [0.25, 0.3) is 0 Å². The highest BCUT2D eigenvalue weighted by Crippen LogP contribution is 2.56. The van der Waals surface area contributed by atoms with E-state index < -0.39 is 5.92 Å². The summed E-state index contributed by atoms with van der Waals surface area (Å²) in [7, 11) is 0. The van der Waals surface area contributed by atoms with Crippen LogP contribution in [0.15, 0.2) is 65.0 Å². The lowest BCUT2D eigenvalue weighted by atomic mass is 9.63. The van der Waals surface area contributed by atoms with Crippen molar-refractivity contribution in [3.63, 3.8) is 0 Å². The molecule has 4 aliphatic rings. The van der Waals surface area contributed by atoms with E-state index in [2.05, 4.69) is 32.6 Å². The quantitative estimate of drug-likeness (QED) is 0.311. The maximum Gasteiger partial charge on any atom is 0.162 e. The molecule has 1 saturated carbocycles. The minimum atomic E-state index is -0.395. The van der Waals surface area contributed by atoms with Crippen molar-refractivity contribution in [2.24, 2.45) is 10.8 Å². The van der Waals surface area contributed by atoms with Crippen molar-refractivity contribution in [2.45, 2.75) is 111 Å². The number of ether oxygens (including phenoxy) is 2. The van der Waals surface area contributed by atoms with E-state index in [4.69, 9.17) is 21.1 Å².